The van der Waals surface area contributed by atoms with E-state index in [1.54, 1.807) is 0 Å². The molecule has 0 radical (unpaired) electrons. The maximum absolute atomic E-state index is 6.75. The normalized spacial score (nSPS) is 20.6. The Morgan fingerprint density at radius 1 is 0.185 bits per heavy atom. The van der Waals surface area contributed by atoms with Gasteiger partial charge in [-0.25, -0.2) is 0 Å². The summed E-state index contributed by atoms with van der Waals surface area (Å²) in [5, 5.41) is 68.1. The van der Waals surface area contributed by atoms with Crippen molar-refractivity contribution in [2.24, 2.45) is 88.8 Å². The van der Waals surface area contributed by atoms with Gasteiger partial charge in [0.05, 0.1) is 0 Å². The van der Waals surface area contributed by atoms with Gasteiger partial charge in [0.15, 0.2) is 0 Å². The van der Waals surface area contributed by atoms with Gasteiger partial charge < -0.3 is 135 Å². The first-order chi connectivity index (χ1) is 68.6. The van der Waals surface area contributed by atoms with E-state index in [4.69, 9.17) is 44.2 Å². The second-order valence-electron chi connectivity index (χ2n) is 40.0. The molecule has 16 heterocycles. The fourth-order valence-electron chi connectivity index (χ4n) is 18.9. The van der Waals surface area contributed by atoms with Crippen molar-refractivity contribution in [1.82, 2.24) is 0 Å². The molecule has 29 nitrogen and oxygen atoms in total. The minimum Gasteiger partial charge on any atom is -0.693 e. The summed E-state index contributed by atoms with van der Waals surface area (Å²) in [5.41, 5.74) is 55.4. The first-order valence-corrected chi connectivity index (χ1v) is 58.0. The maximum atomic E-state index is 6.75. The molecule has 2 N–H and O–H groups in total. The topological polar surface area (TPSA) is 494 Å². The van der Waals surface area contributed by atoms with E-state index in [0.29, 0.717) is 0 Å². The summed E-state index contributed by atoms with van der Waals surface area (Å²) in [7, 11) is 0. The van der Waals surface area contributed by atoms with Crippen LogP contribution in [0.5, 0.6) is 0 Å². The fourth-order valence-corrected chi connectivity index (χ4v) is 18.9. The fraction of sp³-hybridized carbons (Fsp3) is 0.964. The van der Waals surface area contributed by atoms with E-state index in [-0.39, 0.29) is 88.6 Å². The van der Waals surface area contributed by atoms with Crippen LogP contribution in [0, 0.1) is 88.8 Å². The van der Waals surface area contributed by atoms with Gasteiger partial charge >= 0.3 is 16.5 Å². The first kappa shape index (κ1) is 164. The summed E-state index contributed by atoms with van der Waals surface area (Å²) >= 11 is 0. The van der Waals surface area contributed by atoms with Crippen LogP contribution >= 0.6 is 0 Å². The molecule has 0 aromatic rings. The third-order valence-electron chi connectivity index (χ3n) is 30.8. The van der Waals surface area contributed by atoms with Crippen molar-refractivity contribution in [1.29, 1.82) is 0 Å². The van der Waals surface area contributed by atoms with Crippen LogP contribution in [0.2, 0.25) is 0 Å². The molecule has 0 saturated carbocycles. The van der Waals surface area contributed by atoms with Gasteiger partial charge in [0.1, 0.15) is 0 Å². The van der Waals surface area contributed by atoms with E-state index in [9.17, 15) is 0 Å². The van der Waals surface area contributed by atoms with E-state index < -0.39 is 0 Å². The predicted octanol–water partition coefficient (Wildman–Crippen LogP) is 39.1. The zero-order valence-electron chi connectivity index (χ0n) is 96.0. The first-order valence-electron chi connectivity index (χ1n) is 58.0. The third kappa shape index (κ3) is 113. The Hall–Kier alpha value is -1.65. The summed E-state index contributed by atoms with van der Waals surface area (Å²) in [6.45, 7) is 70.8. The molecule has 0 atom stereocenters. The molecule has 16 rings (SSSR count). The molecule has 34 heteroatoms. The van der Waals surface area contributed by atoms with Gasteiger partial charge in [0, 0.05) is 66.0 Å². The standard InChI is InChI=1S/15C7H14N.C7H10N.4N3.H2N.5Ni/c16*1-2-7-3-5-8-6-4-7;4*1-3-2;;;;;;/h15*7H,2-6H2,1H3;3-5H,2,6H2,1H3;;;;;1H2;;;;;/q21*-1;;;;;+2. The number of nitrogens with two attached hydrogens (primary N) is 1. The molecule has 16 aliphatic rings. The molecular weight excluding hydrogens is 2040 g/mol. The smallest absolute Gasteiger partial charge is 0.693 e. The van der Waals surface area contributed by atoms with Crippen molar-refractivity contribution in [2.45, 2.75) is 406 Å². The number of rotatable bonds is 16. The molecule has 0 bridgehead atoms. The summed E-state index contributed by atoms with van der Waals surface area (Å²) in [6, 6.07) is 0. The molecule has 0 aromatic carbocycles. The van der Waals surface area contributed by atoms with Gasteiger partial charge in [0.2, 0.25) is 0 Å². The number of nitrogens with zero attached hydrogens (tertiary/aromatic N) is 28. The molecule has 146 heavy (non-hydrogen) atoms. The van der Waals surface area contributed by atoms with E-state index in [1.165, 1.54) is 314 Å². The minimum atomic E-state index is 0. The summed E-state index contributed by atoms with van der Waals surface area (Å²) in [6.07, 6.45) is 67.9. The van der Waals surface area contributed by atoms with Gasteiger partial charge in [-0.2, -0.15) is 6.20 Å². The molecule has 0 unspecified atom stereocenters. The van der Waals surface area contributed by atoms with Gasteiger partial charge in [-0.3, -0.25) is 19.6 Å². The molecule has 0 aromatic heterocycles. The van der Waals surface area contributed by atoms with Gasteiger partial charge in [-0.1, -0.05) is 417 Å². The van der Waals surface area contributed by atoms with Crippen molar-refractivity contribution in [3.63, 3.8) is 0 Å². The van der Waals surface area contributed by atoms with Crippen LogP contribution in [0.4, 0.5) is 0 Å². The Kier molecular flexibility index (Phi) is 153. The van der Waals surface area contributed by atoms with E-state index >= 15 is 0 Å². The number of piperidine rings is 15. The van der Waals surface area contributed by atoms with E-state index in [2.05, 4.69) is 208 Å². The largest absolute Gasteiger partial charge is 2.00 e. The molecule has 16 aliphatic heterocycles. The van der Waals surface area contributed by atoms with Crippen molar-refractivity contribution >= 4 is 0 Å². The summed E-state index contributed by atoms with van der Waals surface area (Å²) < 4.78 is 0. The Morgan fingerprint density at radius 2 is 0.267 bits per heavy atom. The monoisotopic (exact) mass is 2260 g/mol. The van der Waals surface area contributed by atoms with Crippen LogP contribution < -0.4 is 0 Å². The van der Waals surface area contributed by atoms with Crippen LogP contribution in [0.3, 0.4) is 0 Å². The quantitative estimate of drug-likeness (QED) is 0.0602. The number of allylic oxidation sites excluding steroid dienone is 2. The average molecular weight is 2270 g/mol. The second-order valence-corrected chi connectivity index (χ2v) is 40.0. The van der Waals surface area contributed by atoms with Crippen molar-refractivity contribution < 1.29 is 82.5 Å². The molecule has 0 spiro atoms. The van der Waals surface area contributed by atoms with Crippen LogP contribution in [0.25, 0.3) is 155 Å². The molecule has 884 valence electrons. The zero-order chi connectivity index (χ0) is 104. The zero-order valence-corrected chi connectivity index (χ0v) is 101. The molecular formula is C112H222N29Ni5-19. The summed E-state index contributed by atoms with van der Waals surface area (Å²) in [5.74, 6) is 14.9. The van der Waals surface area contributed by atoms with Crippen LogP contribution in [0.1, 0.15) is 406 Å². The Labute approximate surface area is 952 Å². The minimum absolute atomic E-state index is 0. The van der Waals surface area contributed by atoms with Gasteiger partial charge in [-0.15, -0.1) is 203 Å². The average Bonchev–Trinajstić information content (AvgIpc) is 1.13. The molecule has 15 saturated heterocycles. The molecule has 15 fully saturated rings. The number of hydrogen-bond donors (Lipinski definition) is 0. The Morgan fingerprint density at radius 3 is 0.308 bits per heavy atom. The second kappa shape index (κ2) is 136. The van der Waals surface area contributed by atoms with E-state index in [1.807, 2.05) is 6.20 Å². The van der Waals surface area contributed by atoms with E-state index in [0.717, 1.165) is 298 Å². The summed E-state index contributed by atoms with van der Waals surface area (Å²) in [4.78, 5) is 6.00. The predicted molar refractivity (Wildman–Crippen MR) is 623 cm³/mol. The van der Waals surface area contributed by atoms with Crippen LogP contribution in [0.15, 0.2) is 23.9 Å². The Balaban J connectivity index is -0.000000167. The van der Waals surface area contributed by atoms with Crippen molar-refractivity contribution in [2.75, 3.05) is 203 Å². The Bertz CT molecular complexity index is 2030. The SMILES string of the molecule is CCC1=CC[N-]C=C1.CCC1CC[N-]CC1.CCC1CC[N-]CC1.CCC1CC[N-]CC1.CCC1CC[N-]CC1.CCC1CC[N-]CC1.CCC1CC[N-]CC1.CCC1CC[N-]CC1.CCC1CC[N-]CC1.CCC1CC[N-]CC1.CCC1CC[N-]CC1.CCC1CC[N-]CC1.CCC1CC[N-]CC1.CCC1CC[N-]CC1.CCC1CC[N-]CC1.CCC1CC[N-]CC1.[N-]=[N+]=[N-].[N-]=[N+]=[N-].[N-]=[N+]=[N-].[N-]=[N+]=[N-].[NH2-].[Ni+2].[Ni].[Ni].[Ni].[Ni]. The van der Waals surface area contributed by atoms with Gasteiger partial charge in [0.25, 0.3) is 0 Å². The van der Waals surface area contributed by atoms with Gasteiger partial charge in [-0.05, 0) is 95.2 Å². The third-order valence-corrected chi connectivity index (χ3v) is 30.8. The van der Waals surface area contributed by atoms with Crippen LogP contribution in [-0.4, -0.2) is 203 Å². The maximum Gasteiger partial charge on any atom is 2.00 e. The molecule has 0 amide bonds. The number of hydrogen-bond acceptors (Lipinski definition) is 0. The van der Waals surface area contributed by atoms with Crippen LogP contribution in [-0.2, 0) is 82.5 Å². The van der Waals surface area contributed by atoms with Crippen molar-refractivity contribution in [3.05, 3.63) is 179 Å². The molecule has 0 aliphatic carbocycles. The van der Waals surface area contributed by atoms with Crippen molar-refractivity contribution in [3.8, 4) is 0 Å².